The Morgan fingerprint density at radius 1 is 1.33 bits per heavy atom. The van der Waals surface area contributed by atoms with Crippen LogP contribution in [0, 0.1) is 22.7 Å². The van der Waals surface area contributed by atoms with Gasteiger partial charge in [0.2, 0.25) is 5.91 Å². The summed E-state index contributed by atoms with van der Waals surface area (Å²) in [5, 5.41) is 12.0. The average molecular weight is 288 g/mol. The number of nitrogens with zero attached hydrogens (tertiary/aromatic N) is 1. The quantitative estimate of drug-likeness (QED) is 0.875. The van der Waals surface area contributed by atoms with E-state index in [1.807, 2.05) is 58.0 Å². The van der Waals surface area contributed by atoms with Crippen LogP contribution in [0.5, 0.6) is 0 Å². The van der Waals surface area contributed by atoms with Crippen molar-refractivity contribution in [3.63, 3.8) is 0 Å². The van der Waals surface area contributed by atoms with E-state index in [-0.39, 0.29) is 17.4 Å². The Balaban J connectivity index is 2.38. The van der Waals surface area contributed by atoms with Crippen molar-refractivity contribution in [2.75, 3.05) is 6.61 Å². The van der Waals surface area contributed by atoms with Crippen molar-refractivity contribution in [2.24, 2.45) is 11.3 Å². The first kappa shape index (κ1) is 17.2. The summed E-state index contributed by atoms with van der Waals surface area (Å²) in [6.45, 7) is 8.47. The molecule has 1 amide bonds. The Bertz CT molecular complexity index is 486. The van der Waals surface area contributed by atoms with E-state index < -0.39 is 5.92 Å². The predicted octanol–water partition coefficient (Wildman–Crippen LogP) is 2.89. The third kappa shape index (κ3) is 5.97. The van der Waals surface area contributed by atoms with E-state index in [9.17, 15) is 4.79 Å². The summed E-state index contributed by atoms with van der Waals surface area (Å²) >= 11 is 0. The lowest BCUT2D eigenvalue weighted by Gasteiger charge is -2.25. The van der Waals surface area contributed by atoms with Gasteiger partial charge in [-0.3, -0.25) is 4.79 Å². The molecule has 0 saturated heterocycles. The molecule has 0 aliphatic rings. The molecule has 0 aliphatic carbocycles. The fourth-order valence-electron chi connectivity index (χ4n) is 1.94. The van der Waals surface area contributed by atoms with E-state index >= 15 is 0 Å². The molecular weight excluding hydrogens is 264 g/mol. The lowest BCUT2D eigenvalue weighted by Crippen LogP contribution is -2.43. The molecule has 0 spiro atoms. The van der Waals surface area contributed by atoms with Crippen LogP contribution in [0.2, 0.25) is 0 Å². The van der Waals surface area contributed by atoms with Crippen LogP contribution >= 0.6 is 0 Å². The summed E-state index contributed by atoms with van der Waals surface area (Å²) in [6, 6.07) is 11.8. The number of rotatable bonds is 6. The van der Waals surface area contributed by atoms with Crippen LogP contribution < -0.4 is 5.32 Å². The van der Waals surface area contributed by atoms with Crippen LogP contribution in [0.4, 0.5) is 0 Å². The molecule has 1 N–H and O–H groups in total. The Morgan fingerprint density at radius 2 is 1.95 bits per heavy atom. The smallest absolute Gasteiger partial charge is 0.238 e. The molecule has 4 heteroatoms. The molecule has 0 heterocycles. The number of nitrogens with one attached hydrogen (secondary N) is 1. The first-order chi connectivity index (χ1) is 9.84. The normalized spacial score (nSPS) is 14.0. The van der Waals surface area contributed by atoms with Gasteiger partial charge in [0.15, 0.2) is 0 Å². The minimum Gasteiger partial charge on any atom is -0.375 e. The highest BCUT2D eigenvalue weighted by atomic mass is 16.5. The Hall–Kier alpha value is -1.86. The standard InChI is InChI=1S/C17H24N2O2/c1-13(11-21-12-14-8-6-5-7-9-14)19-16(20)15(10-18)17(2,3)4/h5-9,13,15H,11-12H2,1-4H3,(H,19,20)/t13-,15-/m0/s1. The van der Waals surface area contributed by atoms with Crippen molar-refractivity contribution in [2.45, 2.75) is 40.3 Å². The van der Waals surface area contributed by atoms with E-state index in [2.05, 4.69) is 11.4 Å². The van der Waals surface area contributed by atoms with Crippen molar-refractivity contribution < 1.29 is 9.53 Å². The van der Waals surface area contributed by atoms with E-state index in [1.165, 1.54) is 0 Å². The molecule has 0 aliphatic heterocycles. The maximum atomic E-state index is 12.1. The van der Waals surface area contributed by atoms with Crippen LogP contribution in [0.15, 0.2) is 30.3 Å². The van der Waals surface area contributed by atoms with Gasteiger partial charge in [0.05, 0.1) is 19.3 Å². The molecule has 4 nitrogen and oxygen atoms in total. The zero-order chi connectivity index (χ0) is 15.9. The Morgan fingerprint density at radius 3 is 2.48 bits per heavy atom. The molecule has 0 saturated carbocycles. The average Bonchev–Trinajstić information content (AvgIpc) is 2.38. The van der Waals surface area contributed by atoms with Crippen molar-refractivity contribution in [1.82, 2.24) is 5.32 Å². The number of hydrogen-bond donors (Lipinski definition) is 1. The molecule has 0 radical (unpaired) electrons. The molecule has 1 aromatic carbocycles. The summed E-state index contributed by atoms with van der Waals surface area (Å²) in [4.78, 5) is 12.1. The van der Waals surface area contributed by atoms with Crippen LogP contribution in [-0.4, -0.2) is 18.6 Å². The fourth-order valence-corrected chi connectivity index (χ4v) is 1.94. The van der Waals surface area contributed by atoms with Gasteiger partial charge in [0.25, 0.3) is 0 Å². The van der Waals surface area contributed by atoms with Gasteiger partial charge >= 0.3 is 0 Å². The van der Waals surface area contributed by atoms with E-state index in [4.69, 9.17) is 10.00 Å². The number of hydrogen-bond acceptors (Lipinski definition) is 3. The van der Waals surface area contributed by atoms with Gasteiger partial charge in [0, 0.05) is 6.04 Å². The van der Waals surface area contributed by atoms with E-state index in [0.717, 1.165) is 5.56 Å². The summed E-state index contributed by atoms with van der Waals surface area (Å²) < 4.78 is 5.58. The molecule has 1 aromatic rings. The fraction of sp³-hybridized carbons (Fsp3) is 0.529. The first-order valence-corrected chi connectivity index (χ1v) is 7.16. The molecule has 0 unspecified atom stereocenters. The zero-order valence-electron chi connectivity index (χ0n) is 13.2. The summed E-state index contributed by atoms with van der Waals surface area (Å²) in [5.74, 6) is -0.894. The SMILES string of the molecule is C[C@@H](COCc1ccccc1)NC(=O)[C@H](C#N)C(C)(C)C. The van der Waals surface area contributed by atoms with Crippen molar-refractivity contribution >= 4 is 5.91 Å². The van der Waals surface area contributed by atoms with Gasteiger partial charge in [0.1, 0.15) is 5.92 Å². The highest BCUT2D eigenvalue weighted by Crippen LogP contribution is 2.25. The largest absolute Gasteiger partial charge is 0.375 e. The van der Waals surface area contributed by atoms with Gasteiger partial charge < -0.3 is 10.1 Å². The van der Waals surface area contributed by atoms with Crippen molar-refractivity contribution in [1.29, 1.82) is 5.26 Å². The summed E-state index contributed by atoms with van der Waals surface area (Å²) in [7, 11) is 0. The number of ether oxygens (including phenoxy) is 1. The number of carbonyl (C=O) groups is 1. The van der Waals surface area contributed by atoms with Gasteiger partial charge in [-0.1, -0.05) is 51.1 Å². The summed E-state index contributed by atoms with van der Waals surface area (Å²) in [5.41, 5.74) is 0.726. The second-order valence-corrected chi connectivity index (χ2v) is 6.34. The molecule has 0 fully saturated rings. The van der Waals surface area contributed by atoms with E-state index in [1.54, 1.807) is 0 Å². The van der Waals surface area contributed by atoms with E-state index in [0.29, 0.717) is 13.2 Å². The lowest BCUT2D eigenvalue weighted by atomic mass is 9.81. The third-order valence-corrected chi connectivity index (χ3v) is 3.13. The van der Waals surface area contributed by atoms with Gasteiger partial charge in [-0.25, -0.2) is 0 Å². The molecular formula is C17H24N2O2. The maximum absolute atomic E-state index is 12.1. The summed E-state index contributed by atoms with van der Waals surface area (Å²) in [6.07, 6.45) is 0. The van der Waals surface area contributed by atoms with Crippen LogP contribution in [-0.2, 0) is 16.1 Å². The van der Waals surface area contributed by atoms with Gasteiger partial charge in [-0.05, 0) is 17.9 Å². The van der Waals surface area contributed by atoms with Crippen LogP contribution in [0.3, 0.4) is 0 Å². The molecule has 21 heavy (non-hydrogen) atoms. The number of nitriles is 1. The maximum Gasteiger partial charge on any atom is 0.238 e. The molecule has 0 aromatic heterocycles. The monoisotopic (exact) mass is 288 g/mol. The Kier molecular flexibility index (Phi) is 6.39. The zero-order valence-corrected chi connectivity index (χ0v) is 13.2. The van der Waals surface area contributed by atoms with Gasteiger partial charge in [-0.2, -0.15) is 5.26 Å². The van der Waals surface area contributed by atoms with Crippen LogP contribution in [0.25, 0.3) is 0 Å². The molecule has 114 valence electrons. The Labute approximate surface area is 127 Å². The third-order valence-electron chi connectivity index (χ3n) is 3.13. The predicted molar refractivity (Wildman–Crippen MR) is 82.3 cm³/mol. The first-order valence-electron chi connectivity index (χ1n) is 7.16. The molecule has 2 atom stereocenters. The van der Waals surface area contributed by atoms with Crippen LogP contribution in [0.1, 0.15) is 33.3 Å². The second kappa shape index (κ2) is 7.80. The lowest BCUT2D eigenvalue weighted by molar-refractivity contribution is -0.127. The minimum absolute atomic E-state index is 0.126. The highest BCUT2D eigenvalue weighted by Gasteiger charge is 2.31. The molecule has 1 rings (SSSR count). The number of carbonyl (C=O) groups excluding carboxylic acids is 1. The molecule has 0 bridgehead atoms. The minimum atomic E-state index is -0.658. The second-order valence-electron chi connectivity index (χ2n) is 6.34. The van der Waals surface area contributed by atoms with Gasteiger partial charge in [-0.15, -0.1) is 0 Å². The van der Waals surface area contributed by atoms with Crippen molar-refractivity contribution in [3.8, 4) is 6.07 Å². The topological polar surface area (TPSA) is 62.1 Å². The number of amides is 1. The number of benzene rings is 1. The van der Waals surface area contributed by atoms with Crippen molar-refractivity contribution in [3.05, 3.63) is 35.9 Å². The highest BCUT2D eigenvalue weighted by molar-refractivity contribution is 5.82.